The van der Waals surface area contributed by atoms with Crippen molar-refractivity contribution in [3.8, 4) is 0 Å². The molecular weight excluding hydrogens is 224 g/mol. The number of hydrogen-bond donors (Lipinski definition) is 2. The molecule has 0 aliphatic carbocycles. The van der Waals surface area contributed by atoms with Gasteiger partial charge in [0.2, 0.25) is 5.91 Å². The zero-order valence-electron chi connectivity index (χ0n) is 10.7. The number of piperidine rings is 1. The molecule has 1 unspecified atom stereocenters. The maximum atomic E-state index is 12.0. The summed E-state index contributed by atoms with van der Waals surface area (Å²) in [6.07, 6.45) is 2.13. The highest BCUT2D eigenvalue weighted by Crippen LogP contribution is 2.16. The van der Waals surface area contributed by atoms with E-state index in [2.05, 4.69) is 38.3 Å². The van der Waals surface area contributed by atoms with Gasteiger partial charge in [0, 0.05) is 12.1 Å². The summed E-state index contributed by atoms with van der Waals surface area (Å²) >= 11 is 0. The second-order valence-corrected chi connectivity index (χ2v) is 5.03. The zero-order valence-corrected chi connectivity index (χ0v) is 11.6. The second-order valence-electron chi connectivity index (χ2n) is 5.03. The van der Waals surface area contributed by atoms with Gasteiger partial charge in [-0.25, -0.2) is 0 Å². The van der Waals surface area contributed by atoms with Crippen molar-refractivity contribution in [3.05, 3.63) is 0 Å². The molecule has 1 aliphatic rings. The molecule has 0 radical (unpaired) electrons. The Morgan fingerprint density at radius 1 is 1.38 bits per heavy atom. The standard InChI is InChI=1S/C12H24N2O.ClH/c1-8(2)9(3)14-12(15)11-6-5-7-13-10(11)4;/h8-11,13H,5-7H2,1-4H3,(H,14,15);1H/t9?,10-,11-;/m1./s1. The molecule has 0 spiro atoms. The van der Waals surface area contributed by atoms with Crippen molar-refractivity contribution >= 4 is 18.3 Å². The van der Waals surface area contributed by atoms with E-state index in [1.54, 1.807) is 0 Å². The van der Waals surface area contributed by atoms with Crippen LogP contribution >= 0.6 is 12.4 Å². The van der Waals surface area contributed by atoms with Crippen LogP contribution in [0.3, 0.4) is 0 Å². The predicted molar refractivity (Wildman–Crippen MR) is 69.9 cm³/mol. The molecule has 0 aromatic rings. The van der Waals surface area contributed by atoms with Gasteiger partial charge in [-0.05, 0) is 39.2 Å². The highest BCUT2D eigenvalue weighted by atomic mass is 35.5. The third-order valence-corrected chi connectivity index (χ3v) is 3.47. The van der Waals surface area contributed by atoms with Gasteiger partial charge in [-0.3, -0.25) is 4.79 Å². The highest BCUT2D eigenvalue weighted by Gasteiger charge is 2.28. The van der Waals surface area contributed by atoms with Crippen LogP contribution in [-0.2, 0) is 4.79 Å². The third kappa shape index (κ3) is 4.30. The Morgan fingerprint density at radius 3 is 2.50 bits per heavy atom. The summed E-state index contributed by atoms with van der Waals surface area (Å²) in [6, 6.07) is 0.588. The van der Waals surface area contributed by atoms with Crippen LogP contribution in [0.1, 0.15) is 40.5 Å². The lowest BCUT2D eigenvalue weighted by atomic mass is 9.90. The number of nitrogens with one attached hydrogen (secondary N) is 2. The van der Waals surface area contributed by atoms with Crippen LogP contribution in [-0.4, -0.2) is 24.5 Å². The molecule has 1 amide bonds. The van der Waals surface area contributed by atoms with E-state index in [4.69, 9.17) is 0 Å². The fraction of sp³-hybridized carbons (Fsp3) is 0.917. The fourth-order valence-electron chi connectivity index (χ4n) is 1.90. The number of carbonyl (C=O) groups excluding carboxylic acids is 1. The Morgan fingerprint density at radius 2 is 2.00 bits per heavy atom. The largest absolute Gasteiger partial charge is 0.353 e. The van der Waals surface area contributed by atoms with E-state index in [1.807, 2.05) is 0 Å². The van der Waals surface area contributed by atoms with Gasteiger partial charge in [-0.2, -0.15) is 0 Å². The van der Waals surface area contributed by atoms with Crippen LogP contribution in [0.2, 0.25) is 0 Å². The van der Waals surface area contributed by atoms with Crippen molar-refractivity contribution in [2.75, 3.05) is 6.54 Å². The molecule has 0 bridgehead atoms. The molecule has 1 heterocycles. The topological polar surface area (TPSA) is 41.1 Å². The Labute approximate surface area is 105 Å². The average molecular weight is 249 g/mol. The first-order valence-electron chi connectivity index (χ1n) is 6.06. The van der Waals surface area contributed by atoms with Gasteiger partial charge >= 0.3 is 0 Å². The smallest absolute Gasteiger partial charge is 0.224 e. The van der Waals surface area contributed by atoms with Crippen LogP contribution in [0.15, 0.2) is 0 Å². The van der Waals surface area contributed by atoms with Crippen molar-refractivity contribution in [1.82, 2.24) is 10.6 Å². The van der Waals surface area contributed by atoms with E-state index in [9.17, 15) is 4.79 Å². The fourth-order valence-corrected chi connectivity index (χ4v) is 1.90. The molecule has 96 valence electrons. The number of amides is 1. The minimum atomic E-state index is 0. The molecule has 3 atom stereocenters. The van der Waals surface area contributed by atoms with Gasteiger partial charge in [0.15, 0.2) is 0 Å². The van der Waals surface area contributed by atoms with Crippen molar-refractivity contribution in [3.63, 3.8) is 0 Å². The molecular formula is C12H25ClN2O. The van der Waals surface area contributed by atoms with Gasteiger partial charge in [0.1, 0.15) is 0 Å². The number of rotatable bonds is 3. The summed E-state index contributed by atoms with van der Waals surface area (Å²) in [5, 5.41) is 6.46. The number of hydrogen-bond acceptors (Lipinski definition) is 2. The van der Waals surface area contributed by atoms with Gasteiger partial charge in [0.25, 0.3) is 0 Å². The van der Waals surface area contributed by atoms with Crippen LogP contribution in [0.5, 0.6) is 0 Å². The lowest BCUT2D eigenvalue weighted by molar-refractivity contribution is -0.127. The normalized spacial score (nSPS) is 27.1. The minimum Gasteiger partial charge on any atom is -0.353 e. The van der Waals surface area contributed by atoms with E-state index in [1.165, 1.54) is 0 Å². The SMILES string of the molecule is CC(C)C(C)NC(=O)[C@@H]1CCCN[C@@H]1C.Cl. The second kappa shape index (κ2) is 7.13. The molecule has 0 aromatic heterocycles. The van der Waals surface area contributed by atoms with Gasteiger partial charge in [-0.15, -0.1) is 12.4 Å². The summed E-state index contributed by atoms with van der Waals surface area (Å²) < 4.78 is 0. The monoisotopic (exact) mass is 248 g/mol. The van der Waals surface area contributed by atoms with Crippen molar-refractivity contribution in [2.45, 2.75) is 52.6 Å². The van der Waals surface area contributed by atoms with Crippen LogP contribution in [0, 0.1) is 11.8 Å². The maximum Gasteiger partial charge on any atom is 0.224 e. The van der Waals surface area contributed by atoms with E-state index in [-0.39, 0.29) is 30.3 Å². The molecule has 0 saturated carbocycles. The molecule has 1 rings (SSSR count). The molecule has 0 aromatic carbocycles. The van der Waals surface area contributed by atoms with E-state index in [0.717, 1.165) is 19.4 Å². The van der Waals surface area contributed by atoms with Gasteiger partial charge in [0.05, 0.1) is 5.92 Å². The first-order chi connectivity index (χ1) is 7.02. The van der Waals surface area contributed by atoms with E-state index >= 15 is 0 Å². The summed E-state index contributed by atoms with van der Waals surface area (Å²) in [4.78, 5) is 12.0. The summed E-state index contributed by atoms with van der Waals surface area (Å²) in [5.41, 5.74) is 0. The summed E-state index contributed by atoms with van der Waals surface area (Å²) in [7, 11) is 0. The average Bonchev–Trinajstić information content (AvgIpc) is 2.18. The first-order valence-corrected chi connectivity index (χ1v) is 6.06. The lowest BCUT2D eigenvalue weighted by Gasteiger charge is -2.30. The maximum absolute atomic E-state index is 12.0. The van der Waals surface area contributed by atoms with E-state index < -0.39 is 0 Å². The Balaban J connectivity index is 0.00000225. The molecule has 3 nitrogen and oxygen atoms in total. The Kier molecular flexibility index (Phi) is 7.00. The molecule has 16 heavy (non-hydrogen) atoms. The zero-order chi connectivity index (χ0) is 11.4. The molecule has 1 fully saturated rings. The molecule has 1 aliphatic heterocycles. The Hall–Kier alpha value is -0.280. The van der Waals surface area contributed by atoms with Gasteiger partial charge in [-0.1, -0.05) is 13.8 Å². The molecule has 1 saturated heterocycles. The van der Waals surface area contributed by atoms with Crippen LogP contribution < -0.4 is 10.6 Å². The highest BCUT2D eigenvalue weighted by molar-refractivity contribution is 5.85. The quantitative estimate of drug-likeness (QED) is 0.802. The Bertz CT molecular complexity index is 221. The van der Waals surface area contributed by atoms with E-state index in [0.29, 0.717) is 12.0 Å². The summed E-state index contributed by atoms with van der Waals surface area (Å²) in [5.74, 6) is 0.872. The van der Waals surface area contributed by atoms with Crippen molar-refractivity contribution in [1.29, 1.82) is 0 Å². The number of carbonyl (C=O) groups is 1. The first kappa shape index (κ1) is 15.7. The molecule has 2 N–H and O–H groups in total. The van der Waals surface area contributed by atoms with Crippen molar-refractivity contribution in [2.24, 2.45) is 11.8 Å². The lowest BCUT2D eigenvalue weighted by Crippen LogP contribution is -2.49. The van der Waals surface area contributed by atoms with Crippen LogP contribution in [0.25, 0.3) is 0 Å². The van der Waals surface area contributed by atoms with Crippen LogP contribution in [0.4, 0.5) is 0 Å². The minimum absolute atomic E-state index is 0. The number of halogens is 1. The van der Waals surface area contributed by atoms with Gasteiger partial charge < -0.3 is 10.6 Å². The predicted octanol–water partition coefficient (Wildman–Crippen LogP) is 1.96. The summed E-state index contributed by atoms with van der Waals surface area (Å²) in [6.45, 7) is 9.48. The van der Waals surface area contributed by atoms with Crippen molar-refractivity contribution < 1.29 is 4.79 Å². The molecule has 4 heteroatoms. The third-order valence-electron chi connectivity index (χ3n) is 3.47.